The van der Waals surface area contributed by atoms with E-state index in [-0.39, 0.29) is 11.8 Å². The first-order valence-corrected chi connectivity index (χ1v) is 10.5. The molecule has 2 aromatic heterocycles. The molecule has 3 rings (SSSR count). The fraction of sp³-hybridized carbons (Fsp3) is 0.417. The van der Waals surface area contributed by atoms with Crippen LogP contribution in [0.3, 0.4) is 0 Å². The van der Waals surface area contributed by atoms with E-state index in [4.69, 9.17) is 9.47 Å². The SMILES string of the molecule is CCCCCNC(=O)CC(c1cc(OC)cc(OC)c1)c1cnc2cc(C)ccn12. The van der Waals surface area contributed by atoms with E-state index < -0.39 is 0 Å². The van der Waals surface area contributed by atoms with Gasteiger partial charge in [0.1, 0.15) is 17.1 Å². The minimum absolute atomic E-state index is 0.0277. The van der Waals surface area contributed by atoms with E-state index in [1.165, 1.54) is 0 Å². The molecule has 0 aliphatic carbocycles. The van der Waals surface area contributed by atoms with Crippen LogP contribution in [0.25, 0.3) is 5.65 Å². The molecule has 6 nitrogen and oxygen atoms in total. The number of ether oxygens (including phenoxy) is 2. The van der Waals surface area contributed by atoms with E-state index in [1.54, 1.807) is 14.2 Å². The highest BCUT2D eigenvalue weighted by molar-refractivity contribution is 5.77. The molecule has 30 heavy (non-hydrogen) atoms. The third-order valence-electron chi connectivity index (χ3n) is 5.32. The molecule has 2 heterocycles. The highest BCUT2D eigenvalue weighted by atomic mass is 16.5. The molecular formula is C24H31N3O3. The van der Waals surface area contributed by atoms with E-state index in [9.17, 15) is 4.79 Å². The Morgan fingerprint density at radius 3 is 2.53 bits per heavy atom. The van der Waals surface area contributed by atoms with Gasteiger partial charge in [0.2, 0.25) is 5.91 Å². The second-order valence-electron chi connectivity index (χ2n) is 7.58. The lowest BCUT2D eigenvalue weighted by Crippen LogP contribution is -2.26. The maximum Gasteiger partial charge on any atom is 0.221 e. The number of nitrogens with one attached hydrogen (secondary N) is 1. The summed E-state index contributed by atoms with van der Waals surface area (Å²) in [5, 5.41) is 3.06. The Hall–Kier alpha value is -3.02. The number of rotatable bonds is 10. The lowest BCUT2D eigenvalue weighted by Gasteiger charge is -2.19. The molecular weight excluding hydrogens is 378 g/mol. The van der Waals surface area contributed by atoms with E-state index >= 15 is 0 Å². The van der Waals surface area contributed by atoms with Crippen molar-refractivity contribution in [2.45, 2.75) is 45.4 Å². The minimum Gasteiger partial charge on any atom is -0.497 e. The van der Waals surface area contributed by atoms with Gasteiger partial charge >= 0.3 is 0 Å². The number of aryl methyl sites for hydroxylation is 1. The molecule has 1 atom stereocenters. The van der Waals surface area contributed by atoms with Crippen molar-refractivity contribution in [1.29, 1.82) is 0 Å². The van der Waals surface area contributed by atoms with Gasteiger partial charge in [-0.2, -0.15) is 0 Å². The number of aromatic nitrogens is 2. The molecule has 3 aromatic rings. The van der Waals surface area contributed by atoms with Gasteiger partial charge in [0, 0.05) is 37.3 Å². The molecule has 0 spiro atoms. The topological polar surface area (TPSA) is 64.9 Å². The van der Waals surface area contributed by atoms with Crippen molar-refractivity contribution in [2.24, 2.45) is 0 Å². The van der Waals surface area contributed by atoms with Gasteiger partial charge in [-0.05, 0) is 48.7 Å². The highest BCUT2D eigenvalue weighted by Gasteiger charge is 2.23. The number of imidazole rings is 1. The number of fused-ring (bicyclic) bond motifs is 1. The molecule has 0 saturated heterocycles. The Bertz CT molecular complexity index is 974. The fourth-order valence-corrected chi connectivity index (χ4v) is 3.64. The van der Waals surface area contributed by atoms with E-state index in [2.05, 4.69) is 17.2 Å². The summed E-state index contributed by atoms with van der Waals surface area (Å²) in [6, 6.07) is 9.85. The second kappa shape index (κ2) is 10.1. The molecule has 0 saturated carbocycles. The van der Waals surface area contributed by atoms with Gasteiger partial charge in [-0.15, -0.1) is 0 Å². The van der Waals surface area contributed by atoms with Crippen LogP contribution in [0.2, 0.25) is 0 Å². The average Bonchev–Trinajstić information content (AvgIpc) is 3.17. The molecule has 1 amide bonds. The van der Waals surface area contributed by atoms with Crippen LogP contribution in [0, 0.1) is 6.92 Å². The smallest absolute Gasteiger partial charge is 0.221 e. The number of carbonyl (C=O) groups is 1. The Morgan fingerprint density at radius 1 is 1.13 bits per heavy atom. The number of nitrogens with zero attached hydrogens (tertiary/aromatic N) is 2. The maximum atomic E-state index is 12.8. The van der Waals surface area contributed by atoms with Crippen LogP contribution in [0.4, 0.5) is 0 Å². The first kappa shape index (κ1) is 21.7. The number of amides is 1. The zero-order valence-electron chi connectivity index (χ0n) is 18.3. The van der Waals surface area contributed by atoms with E-state index in [0.717, 1.165) is 41.7 Å². The molecule has 0 aliphatic heterocycles. The lowest BCUT2D eigenvalue weighted by atomic mass is 9.91. The van der Waals surface area contributed by atoms with Crippen LogP contribution in [0.1, 0.15) is 55.3 Å². The van der Waals surface area contributed by atoms with Gasteiger partial charge in [-0.25, -0.2) is 4.98 Å². The number of benzene rings is 1. The van der Waals surface area contributed by atoms with Gasteiger partial charge in [0.15, 0.2) is 0 Å². The molecule has 1 N–H and O–H groups in total. The summed E-state index contributed by atoms with van der Waals surface area (Å²) in [5.74, 6) is 1.24. The van der Waals surface area contributed by atoms with Gasteiger partial charge in [0.25, 0.3) is 0 Å². The summed E-state index contributed by atoms with van der Waals surface area (Å²) in [4.78, 5) is 17.4. The van der Waals surface area contributed by atoms with Crippen LogP contribution in [-0.2, 0) is 4.79 Å². The average molecular weight is 410 g/mol. The predicted molar refractivity (Wildman–Crippen MR) is 118 cm³/mol. The fourth-order valence-electron chi connectivity index (χ4n) is 3.64. The van der Waals surface area contributed by atoms with Crippen molar-refractivity contribution < 1.29 is 14.3 Å². The van der Waals surface area contributed by atoms with Crippen molar-refractivity contribution in [3.05, 3.63) is 59.5 Å². The Balaban J connectivity index is 1.97. The summed E-state index contributed by atoms with van der Waals surface area (Å²) >= 11 is 0. The number of pyridine rings is 1. The van der Waals surface area contributed by atoms with Crippen LogP contribution in [0.15, 0.2) is 42.7 Å². The van der Waals surface area contributed by atoms with Crippen LogP contribution >= 0.6 is 0 Å². The lowest BCUT2D eigenvalue weighted by molar-refractivity contribution is -0.121. The van der Waals surface area contributed by atoms with Crippen molar-refractivity contribution in [1.82, 2.24) is 14.7 Å². The largest absolute Gasteiger partial charge is 0.497 e. The minimum atomic E-state index is -0.183. The summed E-state index contributed by atoms with van der Waals surface area (Å²) in [6.07, 6.45) is 7.43. The van der Waals surface area contributed by atoms with E-state index in [0.29, 0.717) is 24.5 Å². The molecule has 6 heteroatoms. The molecule has 0 aliphatic rings. The van der Waals surface area contributed by atoms with Crippen molar-refractivity contribution >= 4 is 11.6 Å². The van der Waals surface area contributed by atoms with Gasteiger partial charge < -0.3 is 19.2 Å². The zero-order chi connectivity index (χ0) is 21.5. The number of hydrogen-bond acceptors (Lipinski definition) is 4. The third-order valence-corrected chi connectivity index (χ3v) is 5.32. The monoisotopic (exact) mass is 409 g/mol. The van der Waals surface area contributed by atoms with Crippen LogP contribution in [0.5, 0.6) is 11.5 Å². The standard InChI is InChI=1S/C24H31N3O3/c1-5-6-7-9-25-24(28)15-21(18-12-19(29-3)14-20(13-18)30-4)22-16-26-23-11-17(2)8-10-27(22)23/h8,10-14,16,21H,5-7,9,15H2,1-4H3,(H,25,28). The summed E-state index contributed by atoms with van der Waals surface area (Å²) in [6.45, 7) is 4.90. The third kappa shape index (κ3) is 5.12. The Labute approximate surface area is 178 Å². The number of hydrogen-bond donors (Lipinski definition) is 1. The Morgan fingerprint density at radius 2 is 1.87 bits per heavy atom. The molecule has 0 bridgehead atoms. The molecule has 0 radical (unpaired) electrons. The highest BCUT2D eigenvalue weighted by Crippen LogP contribution is 2.34. The summed E-state index contributed by atoms with van der Waals surface area (Å²) < 4.78 is 13.0. The summed E-state index contributed by atoms with van der Waals surface area (Å²) in [7, 11) is 3.26. The van der Waals surface area contributed by atoms with Crippen molar-refractivity contribution in [3.8, 4) is 11.5 Å². The normalized spacial score (nSPS) is 12.0. The van der Waals surface area contributed by atoms with E-state index in [1.807, 2.05) is 54.0 Å². The Kier molecular flexibility index (Phi) is 7.33. The van der Waals surface area contributed by atoms with Gasteiger partial charge in [-0.3, -0.25) is 4.79 Å². The number of unbranched alkanes of at least 4 members (excludes halogenated alkanes) is 2. The predicted octanol–water partition coefficient (Wildman–Crippen LogP) is 4.49. The first-order chi connectivity index (χ1) is 14.5. The zero-order valence-corrected chi connectivity index (χ0v) is 18.3. The van der Waals surface area contributed by atoms with Crippen LogP contribution < -0.4 is 14.8 Å². The number of methoxy groups -OCH3 is 2. The first-order valence-electron chi connectivity index (χ1n) is 10.5. The molecule has 0 fully saturated rings. The maximum absolute atomic E-state index is 12.8. The number of carbonyl (C=O) groups excluding carboxylic acids is 1. The van der Waals surface area contributed by atoms with Crippen molar-refractivity contribution in [3.63, 3.8) is 0 Å². The molecule has 1 unspecified atom stereocenters. The van der Waals surface area contributed by atoms with Crippen molar-refractivity contribution in [2.75, 3.05) is 20.8 Å². The second-order valence-corrected chi connectivity index (χ2v) is 7.58. The molecule has 160 valence electrons. The molecule has 1 aromatic carbocycles. The summed E-state index contributed by atoms with van der Waals surface area (Å²) in [5.41, 5.74) is 3.93. The quantitative estimate of drug-likeness (QED) is 0.501. The van der Waals surface area contributed by atoms with Gasteiger partial charge in [-0.1, -0.05) is 19.8 Å². The van der Waals surface area contributed by atoms with Gasteiger partial charge in [0.05, 0.1) is 19.9 Å². The van der Waals surface area contributed by atoms with Crippen LogP contribution in [-0.4, -0.2) is 36.1 Å².